The van der Waals surface area contributed by atoms with Crippen LogP contribution in [0.15, 0.2) is 18.6 Å². The van der Waals surface area contributed by atoms with Crippen LogP contribution in [-0.2, 0) is 18.3 Å². The van der Waals surface area contributed by atoms with E-state index < -0.39 is 0 Å². The standard InChI is InChI=1S/C16H21N5O/c1-11-19-9-15(20(11)3)16-14(17-5-6-18-16)8-13-4-7-21(10-13)12(2)22/h5-6,9,13H,4,7-8,10H2,1-3H3/t13-/m1/s1. The summed E-state index contributed by atoms with van der Waals surface area (Å²) >= 11 is 0. The number of aryl methyl sites for hydroxylation is 1. The summed E-state index contributed by atoms with van der Waals surface area (Å²) in [5, 5.41) is 0. The highest BCUT2D eigenvalue weighted by molar-refractivity contribution is 5.73. The van der Waals surface area contributed by atoms with E-state index >= 15 is 0 Å². The van der Waals surface area contributed by atoms with Gasteiger partial charge < -0.3 is 9.47 Å². The molecule has 0 N–H and O–H groups in total. The Bertz CT molecular complexity index is 694. The van der Waals surface area contributed by atoms with Gasteiger partial charge in [0.2, 0.25) is 5.91 Å². The Morgan fingerprint density at radius 1 is 1.32 bits per heavy atom. The molecule has 2 aromatic heterocycles. The van der Waals surface area contributed by atoms with Crippen molar-refractivity contribution in [3.63, 3.8) is 0 Å². The molecule has 1 saturated heterocycles. The van der Waals surface area contributed by atoms with E-state index in [1.54, 1.807) is 19.3 Å². The first kappa shape index (κ1) is 14.7. The zero-order chi connectivity index (χ0) is 15.7. The smallest absolute Gasteiger partial charge is 0.219 e. The van der Waals surface area contributed by atoms with Gasteiger partial charge in [0, 0.05) is 39.5 Å². The molecule has 22 heavy (non-hydrogen) atoms. The van der Waals surface area contributed by atoms with E-state index in [2.05, 4.69) is 15.0 Å². The van der Waals surface area contributed by atoms with Crippen LogP contribution in [0.1, 0.15) is 24.9 Å². The van der Waals surface area contributed by atoms with Crippen LogP contribution in [0.3, 0.4) is 0 Å². The third-order valence-electron chi connectivity index (χ3n) is 4.45. The van der Waals surface area contributed by atoms with Crippen LogP contribution in [-0.4, -0.2) is 43.4 Å². The summed E-state index contributed by atoms with van der Waals surface area (Å²) in [4.78, 5) is 26.8. The van der Waals surface area contributed by atoms with Crippen molar-refractivity contribution in [2.24, 2.45) is 13.0 Å². The number of likely N-dealkylation sites (tertiary alicyclic amines) is 1. The molecular formula is C16H21N5O. The molecule has 0 aromatic carbocycles. The lowest BCUT2D eigenvalue weighted by Gasteiger charge is -2.15. The molecular weight excluding hydrogens is 278 g/mol. The number of amides is 1. The molecule has 1 fully saturated rings. The predicted octanol–water partition coefficient (Wildman–Crippen LogP) is 1.60. The summed E-state index contributed by atoms with van der Waals surface area (Å²) < 4.78 is 2.03. The third kappa shape index (κ3) is 2.73. The minimum Gasteiger partial charge on any atom is -0.343 e. The second-order valence-corrected chi connectivity index (χ2v) is 5.93. The van der Waals surface area contributed by atoms with Gasteiger partial charge in [-0.25, -0.2) is 4.98 Å². The van der Waals surface area contributed by atoms with Crippen molar-refractivity contribution in [3.8, 4) is 11.4 Å². The largest absolute Gasteiger partial charge is 0.343 e. The average molecular weight is 299 g/mol. The van der Waals surface area contributed by atoms with Gasteiger partial charge in [-0.3, -0.25) is 14.8 Å². The molecule has 0 spiro atoms. The molecule has 0 unspecified atom stereocenters. The van der Waals surface area contributed by atoms with E-state index in [1.807, 2.05) is 29.6 Å². The van der Waals surface area contributed by atoms with Crippen molar-refractivity contribution in [1.29, 1.82) is 0 Å². The van der Waals surface area contributed by atoms with E-state index in [1.165, 1.54) is 0 Å². The summed E-state index contributed by atoms with van der Waals surface area (Å²) in [5.41, 5.74) is 2.87. The van der Waals surface area contributed by atoms with Crippen LogP contribution >= 0.6 is 0 Å². The first-order valence-electron chi connectivity index (χ1n) is 7.60. The van der Waals surface area contributed by atoms with Crippen LogP contribution in [0.2, 0.25) is 0 Å². The molecule has 3 rings (SSSR count). The molecule has 1 aliphatic heterocycles. The van der Waals surface area contributed by atoms with Gasteiger partial charge >= 0.3 is 0 Å². The molecule has 1 atom stereocenters. The fourth-order valence-electron chi connectivity index (χ4n) is 3.01. The van der Waals surface area contributed by atoms with E-state index in [9.17, 15) is 4.79 Å². The number of nitrogens with zero attached hydrogens (tertiary/aromatic N) is 5. The summed E-state index contributed by atoms with van der Waals surface area (Å²) in [5.74, 6) is 1.56. The van der Waals surface area contributed by atoms with Gasteiger partial charge in [-0.1, -0.05) is 0 Å². The molecule has 0 aliphatic carbocycles. The molecule has 2 aromatic rings. The maximum absolute atomic E-state index is 11.5. The van der Waals surface area contributed by atoms with E-state index in [0.29, 0.717) is 5.92 Å². The molecule has 0 saturated carbocycles. The van der Waals surface area contributed by atoms with E-state index in [0.717, 1.165) is 48.8 Å². The number of imidazole rings is 1. The molecule has 1 aliphatic rings. The van der Waals surface area contributed by atoms with Gasteiger partial charge in [0.25, 0.3) is 0 Å². The van der Waals surface area contributed by atoms with Crippen molar-refractivity contribution in [3.05, 3.63) is 30.1 Å². The van der Waals surface area contributed by atoms with Crippen LogP contribution in [0.25, 0.3) is 11.4 Å². The summed E-state index contributed by atoms with van der Waals surface area (Å²) in [6.45, 7) is 5.27. The zero-order valence-electron chi connectivity index (χ0n) is 13.3. The van der Waals surface area contributed by atoms with E-state index in [-0.39, 0.29) is 5.91 Å². The normalized spacial score (nSPS) is 18.0. The van der Waals surface area contributed by atoms with Gasteiger partial charge in [-0.15, -0.1) is 0 Å². The minimum absolute atomic E-state index is 0.157. The Morgan fingerprint density at radius 2 is 2.09 bits per heavy atom. The first-order valence-corrected chi connectivity index (χ1v) is 7.60. The molecule has 6 nitrogen and oxygen atoms in total. The third-order valence-corrected chi connectivity index (χ3v) is 4.45. The van der Waals surface area contributed by atoms with Gasteiger partial charge in [-0.05, 0) is 25.7 Å². The van der Waals surface area contributed by atoms with Crippen LogP contribution < -0.4 is 0 Å². The second-order valence-electron chi connectivity index (χ2n) is 5.93. The Hall–Kier alpha value is -2.24. The monoisotopic (exact) mass is 299 g/mol. The lowest BCUT2D eigenvalue weighted by atomic mass is 10.0. The van der Waals surface area contributed by atoms with Crippen molar-refractivity contribution >= 4 is 5.91 Å². The maximum atomic E-state index is 11.5. The van der Waals surface area contributed by atoms with E-state index in [4.69, 9.17) is 0 Å². The fourth-order valence-corrected chi connectivity index (χ4v) is 3.01. The highest BCUT2D eigenvalue weighted by Gasteiger charge is 2.26. The van der Waals surface area contributed by atoms with Crippen molar-refractivity contribution in [2.75, 3.05) is 13.1 Å². The molecule has 1 amide bonds. The number of hydrogen-bond donors (Lipinski definition) is 0. The average Bonchev–Trinajstić information content (AvgIpc) is 3.09. The number of carbonyl (C=O) groups is 1. The van der Waals surface area contributed by atoms with Crippen LogP contribution in [0.5, 0.6) is 0 Å². The molecule has 0 bridgehead atoms. The second kappa shape index (κ2) is 5.87. The van der Waals surface area contributed by atoms with Crippen LogP contribution in [0, 0.1) is 12.8 Å². The molecule has 6 heteroatoms. The quantitative estimate of drug-likeness (QED) is 0.863. The topological polar surface area (TPSA) is 63.9 Å². The highest BCUT2D eigenvalue weighted by Crippen LogP contribution is 2.26. The zero-order valence-corrected chi connectivity index (χ0v) is 13.3. The SMILES string of the molecule is CC(=O)N1CC[C@H](Cc2nccnc2-c2cnc(C)n2C)C1. The Kier molecular flexibility index (Phi) is 3.92. The molecule has 3 heterocycles. The number of carbonyl (C=O) groups excluding carboxylic acids is 1. The highest BCUT2D eigenvalue weighted by atomic mass is 16.2. The number of rotatable bonds is 3. The fraction of sp³-hybridized carbons (Fsp3) is 0.500. The Labute approximate surface area is 130 Å². The van der Waals surface area contributed by atoms with Crippen molar-refractivity contribution < 1.29 is 4.79 Å². The molecule has 0 radical (unpaired) electrons. The Morgan fingerprint density at radius 3 is 2.73 bits per heavy atom. The summed E-state index contributed by atoms with van der Waals surface area (Å²) in [7, 11) is 1.99. The van der Waals surface area contributed by atoms with Crippen molar-refractivity contribution in [1.82, 2.24) is 24.4 Å². The van der Waals surface area contributed by atoms with Gasteiger partial charge in [0.15, 0.2) is 0 Å². The Balaban J connectivity index is 1.84. The summed E-state index contributed by atoms with van der Waals surface area (Å²) in [6, 6.07) is 0. The molecule has 116 valence electrons. The maximum Gasteiger partial charge on any atom is 0.219 e. The lowest BCUT2D eigenvalue weighted by Crippen LogP contribution is -2.26. The van der Waals surface area contributed by atoms with Crippen molar-refractivity contribution in [2.45, 2.75) is 26.7 Å². The predicted molar refractivity (Wildman–Crippen MR) is 83.0 cm³/mol. The number of hydrogen-bond acceptors (Lipinski definition) is 4. The minimum atomic E-state index is 0.157. The lowest BCUT2D eigenvalue weighted by molar-refractivity contribution is -0.127. The van der Waals surface area contributed by atoms with Gasteiger partial charge in [0.05, 0.1) is 17.6 Å². The first-order chi connectivity index (χ1) is 10.6. The van der Waals surface area contributed by atoms with Crippen LogP contribution in [0.4, 0.5) is 0 Å². The number of aromatic nitrogens is 4. The summed E-state index contributed by atoms with van der Waals surface area (Å²) in [6.07, 6.45) is 7.17. The van der Waals surface area contributed by atoms with Gasteiger partial charge in [0.1, 0.15) is 11.5 Å². The van der Waals surface area contributed by atoms with Gasteiger partial charge in [-0.2, -0.15) is 0 Å².